The van der Waals surface area contributed by atoms with E-state index in [0.717, 1.165) is 58.2 Å². The second-order valence-corrected chi connectivity index (χ2v) is 9.75. The molecule has 0 spiro atoms. The lowest BCUT2D eigenvalue weighted by molar-refractivity contribution is -0.169. The molecule has 6 atom stereocenters. The maximum atomic E-state index is 12.8. The molecule has 170 valence electrons. The molecule has 2 N–H and O–H groups in total. The first-order valence-electron chi connectivity index (χ1n) is 12.3. The highest BCUT2D eigenvalue weighted by Crippen LogP contribution is 2.33. The van der Waals surface area contributed by atoms with Crippen LogP contribution in [0, 0.1) is 11.8 Å². The van der Waals surface area contributed by atoms with Gasteiger partial charge in [0.25, 0.3) is 0 Å². The van der Waals surface area contributed by atoms with Crippen LogP contribution >= 0.6 is 0 Å². The molecule has 1 amide bonds. The number of nitrogens with one attached hydrogen (secondary N) is 1. The third kappa shape index (κ3) is 6.06. The van der Waals surface area contributed by atoms with Crippen LogP contribution in [0.3, 0.4) is 0 Å². The third-order valence-corrected chi connectivity index (χ3v) is 7.57. The molecule has 1 saturated carbocycles. The van der Waals surface area contributed by atoms with Crippen molar-refractivity contribution in [3.05, 3.63) is 12.2 Å². The molecule has 2 aliphatic heterocycles. The van der Waals surface area contributed by atoms with Gasteiger partial charge in [-0.05, 0) is 82.7 Å². The summed E-state index contributed by atoms with van der Waals surface area (Å²) in [7, 11) is 0. The van der Waals surface area contributed by atoms with Crippen LogP contribution in [0.5, 0.6) is 0 Å². The Hall–Kier alpha value is -0.950. The van der Waals surface area contributed by atoms with Crippen LogP contribution in [0.15, 0.2) is 12.2 Å². The monoisotopic (exact) mass is 420 g/mol. The predicted molar refractivity (Wildman–Crippen MR) is 116 cm³/mol. The first kappa shape index (κ1) is 22.3. The van der Waals surface area contributed by atoms with Gasteiger partial charge in [-0.3, -0.25) is 4.79 Å². The van der Waals surface area contributed by atoms with E-state index in [4.69, 9.17) is 9.47 Å². The molecule has 0 aromatic heterocycles. The van der Waals surface area contributed by atoms with E-state index in [0.29, 0.717) is 25.6 Å². The van der Waals surface area contributed by atoms with E-state index in [9.17, 15) is 9.90 Å². The number of rotatable bonds is 8. The van der Waals surface area contributed by atoms with Crippen LogP contribution in [0.25, 0.3) is 0 Å². The van der Waals surface area contributed by atoms with Gasteiger partial charge in [-0.1, -0.05) is 12.2 Å². The quantitative estimate of drug-likeness (QED) is 0.591. The minimum Gasteiger partial charge on any atom is -0.391 e. The van der Waals surface area contributed by atoms with Crippen molar-refractivity contribution in [1.29, 1.82) is 0 Å². The van der Waals surface area contributed by atoms with E-state index in [2.05, 4.69) is 22.4 Å². The van der Waals surface area contributed by atoms with E-state index in [1.807, 2.05) is 0 Å². The Morgan fingerprint density at radius 2 is 1.90 bits per heavy atom. The summed E-state index contributed by atoms with van der Waals surface area (Å²) in [6.45, 7) is 4.22. The summed E-state index contributed by atoms with van der Waals surface area (Å²) in [5, 5.41) is 14.5. The van der Waals surface area contributed by atoms with E-state index in [1.54, 1.807) is 0 Å². The van der Waals surface area contributed by atoms with Crippen LogP contribution < -0.4 is 5.32 Å². The number of amides is 1. The molecule has 0 radical (unpaired) electrons. The molecule has 2 saturated heterocycles. The summed E-state index contributed by atoms with van der Waals surface area (Å²) in [5.74, 6) is 0.879. The van der Waals surface area contributed by atoms with Crippen LogP contribution in [0.1, 0.15) is 64.2 Å². The number of ether oxygens (including phenoxy) is 2. The summed E-state index contributed by atoms with van der Waals surface area (Å²) in [6, 6.07) is -0.201. The van der Waals surface area contributed by atoms with Crippen molar-refractivity contribution in [3.63, 3.8) is 0 Å². The number of hydrogen-bond acceptors (Lipinski definition) is 5. The number of carbonyl (C=O) groups is 1. The largest absolute Gasteiger partial charge is 0.391 e. The molecule has 4 rings (SSSR count). The maximum Gasteiger partial charge on any atom is 0.220 e. The summed E-state index contributed by atoms with van der Waals surface area (Å²) in [6.07, 6.45) is 14.3. The molecule has 6 nitrogen and oxygen atoms in total. The summed E-state index contributed by atoms with van der Waals surface area (Å²) in [4.78, 5) is 15.2. The van der Waals surface area contributed by atoms with Gasteiger partial charge in [0, 0.05) is 13.0 Å². The zero-order valence-corrected chi connectivity index (χ0v) is 18.3. The van der Waals surface area contributed by atoms with Gasteiger partial charge >= 0.3 is 0 Å². The fourth-order valence-corrected chi connectivity index (χ4v) is 5.75. The average molecular weight is 421 g/mol. The van der Waals surface area contributed by atoms with E-state index in [-0.39, 0.29) is 30.1 Å². The Morgan fingerprint density at radius 1 is 1.10 bits per heavy atom. The van der Waals surface area contributed by atoms with Crippen molar-refractivity contribution in [2.45, 2.75) is 88.6 Å². The first-order chi connectivity index (χ1) is 14.7. The molecule has 2 heterocycles. The molecular formula is C24H40N2O4. The molecule has 3 fully saturated rings. The van der Waals surface area contributed by atoms with Crippen molar-refractivity contribution >= 4 is 5.91 Å². The van der Waals surface area contributed by atoms with Crippen LogP contribution in [-0.4, -0.2) is 73.1 Å². The number of nitrogens with zero attached hydrogens (tertiary/aromatic N) is 1. The smallest absolute Gasteiger partial charge is 0.220 e. The topological polar surface area (TPSA) is 71.0 Å². The lowest BCUT2D eigenvalue weighted by Gasteiger charge is -2.42. The zero-order chi connectivity index (χ0) is 20.8. The van der Waals surface area contributed by atoms with Gasteiger partial charge in [-0.2, -0.15) is 0 Å². The first-order valence-corrected chi connectivity index (χ1v) is 12.3. The van der Waals surface area contributed by atoms with Crippen molar-refractivity contribution in [3.8, 4) is 0 Å². The molecule has 4 aliphatic rings. The van der Waals surface area contributed by atoms with Crippen LogP contribution in [0.4, 0.5) is 0 Å². The molecule has 0 bridgehead atoms. The lowest BCUT2D eigenvalue weighted by atomic mass is 9.79. The molecule has 2 aliphatic carbocycles. The molecule has 6 heteroatoms. The molecule has 0 aromatic rings. The molecular weight excluding hydrogens is 380 g/mol. The SMILES string of the molecule is O=C(CCC1CC=CCC1)N[C@H](CN1CCCC1)[C@H](O)C1CCC2OCCOC2C1. The lowest BCUT2D eigenvalue weighted by Crippen LogP contribution is -2.54. The van der Waals surface area contributed by atoms with Gasteiger partial charge in [-0.25, -0.2) is 0 Å². The number of carbonyl (C=O) groups excluding carboxylic acids is 1. The fourth-order valence-electron chi connectivity index (χ4n) is 5.75. The number of fused-ring (bicyclic) bond motifs is 1. The van der Waals surface area contributed by atoms with Gasteiger partial charge in [0.15, 0.2) is 0 Å². The molecule has 30 heavy (non-hydrogen) atoms. The maximum absolute atomic E-state index is 12.8. The molecule has 4 unspecified atom stereocenters. The number of allylic oxidation sites excluding steroid dienone is 2. The minimum absolute atomic E-state index is 0.0923. The Bertz CT molecular complexity index is 578. The van der Waals surface area contributed by atoms with E-state index >= 15 is 0 Å². The summed E-state index contributed by atoms with van der Waals surface area (Å²) in [5.41, 5.74) is 0. The zero-order valence-electron chi connectivity index (χ0n) is 18.3. The number of aliphatic hydroxyl groups is 1. The van der Waals surface area contributed by atoms with Gasteiger partial charge in [0.2, 0.25) is 5.91 Å². The van der Waals surface area contributed by atoms with Crippen LogP contribution in [-0.2, 0) is 14.3 Å². The highest BCUT2D eigenvalue weighted by atomic mass is 16.6. The predicted octanol–water partition coefficient (Wildman–Crippen LogP) is 2.65. The highest BCUT2D eigenvalue weighted by Gasteiger charge is 2.39. The van der Waals surface area contributed by atoms with Crippen molar-refractivity contribution in [1.82, 2.24) is 10.2 Å². The van der Waals surface area contributed by atoms with Gasteiger partial charge in [0.05, 0.1) is 37.6 Å². The summed E-state index contributed by atoms with van der Waals surface area (Å²) >= 11 is 0. The minimum atomic E-state index is -0.529. The van der Waals surface area contributed by atoms with Crippen LogP contribution in [0.2, 0.25) is 0 Å². The Morgan fingerprint density at radius 3 is 2.67 bits per heavy atom. The Balaban J connectivity index is 1.32. The number of likely N-dealkylation sites (tertiary alicyclic amines) is 1. The van der Waals surface area contributed by atoms with Crippen molar-refractivity contribution < 1.29 is 19.4 Å². The normalized spacial score (nSPS) is 34.3. The highest BCUT2D eigenvalue weighted by molar-refractivity contribution is 5.76. The molecule has 0 aromatic carbocycles. The second kappa shape index (κ2) is 11.1. The summed E-state index contributed by atoms with van der Waals surface area (Å²) < 4.78 is 11.8. The average Bonchev–Trinajstić information content (AvgIpc) is 3.30. The second-order valence-electron chi connectivity index (χ2n) is 9.75. The van der Waals surface area contributed by atoms with Gasteiger partial charge < -0.3 is 24.8 Å². The number of aliphatic hydroxyl groups excluding tert-OH is 1. The fraction of sp³-hybridized carbons (Fsp3) is 0.875. The van der Waals surface area contributed by atoms with E-state index in [1.165, 1.54) is 19.3 Å². The standard InChI is InChI=1S/C24H40N2O4/c27-23(11-8-18-6-2-1-3-7-18)25-20(17-26-12-4-5-13-26)24(28)19-9-10-21-22(16-19)30-15-14-29-21/h1-2,18-22,24,28H,3-17H2,(H,25,27)/t18?,19?,20-,21?,22?,24-/m1/s1. The Labute approximate surface area is 181 Å². The van der Waals surface area contributed by atoms with E-state index < -0.39 is 6.10 Å². The van der Waals surface area contributed by atoms with Gasteiger partial charge in [0.1, 0.15) is 0 Å². The third-order valence-electron chi connectivity index (χ3n) is 7.57. The van der Waals surface area contributed by atoms with Crippen molar-refractivity contribution in [2.24, 2.45) is 11.8 Å². The Kier molecular flexibility index (Phi) is 8.21. The number of hydrogen-bond donors (Lipinski definition) is 2. The van der Waals surface area contributed by atoms with Gasteiger partial charge in [-0.15, -0.1) is 0 Å². The van der Waals surface area contributed by atoms with Crippen molar-refractivity contribution in [2.75, 3.05) is 32.8 Å².